The molecule has 1 amide bonds. The number of para-hydroxylation sites is 1. The lowest BCUT2D eigenvalue weighted by Crippen LogP contribution is -2.04. The number of nitrogens with two attached hydrogens (primary N) is 1. The molecule has 1 aromatic carbocycles. The van der Waals surface area contributed by atoms with Crippen LogP contribution in [0.15, 0.2) is 33.4 Å². The van der Waals surface area contributed by atoms with Crippen LogP contribution in [-0.2, 0) is 4.79 Å². The van der Waals surface area contributed by atoms with Gasteiger partial charge in [-0.1, -0.05) is 46.8 Å². The number of nitrogen functional groups attached to an aromatic ring is 1. The second kappa shape index (κ2) is 5.73. The summed E-state index contributed by atoms with van der Waals surface area (Å²) in [5.41, 5.74) is 6.51. The van der Waals surface area contributed by atoms with Gasteiger partial charge in [-0.15, -0.1) is 0 Å². The van der Waals surface area contributed by atoms with E-state index in [9.17, 15) is 4.79 Å². The number of carbonyl (C=O) groups is 1. The summed E-state index contributed by atoms with van der Waals surface area (Å²) in [5, 5.41) is 3.01. The van der Waals surface area contributed by atoms with Crippen LogP contribution < -0.4 is 11.1 Å². The normalized spacial score (nSPS) is 9.89. The number of nitrogens with one attached hydrogen (secondary N) is 1. The summed E-state index contributed by atoms with van der Waals surface area (Å²) in [7, 11) is 0. The SMILES string of the molecule is [C-]#[N+]c1nc(NC(C)=O)sc1Sc1ccccc1N. The average Bonchev–Trinajstić information content (AvgIpc) is 2.73. The van der Waals surface area contributed by atoms with E-state index in [1.807, 2.05) is 18.2 Å². The molecular weight excluding hydrogens is 280 g/mol. The van der Waals surface area contributed by atoms with Crippen LogP contribution in [0.1, 0.15) is 6.92 Å². The first-order chi connectivity index (χ1) is 9.10. The Labute approximate surface area is 118 Å². The highest BCUT2D eigenvalue weighted by Gasteiger charge is 2.16. The lowest BCUT2D eigenvalue weighted by Gasteiger charge is -2.02. The second-order valence-corrected chi connectivity index (χ2v) is 5.87. The summed E-state index contributed by atoms with van der Waals surface area (Å²) in [6, 6.07) is 7.41. The molecule has 2 aromatic rings. The van der Waals surface area contributed by atoms with Crippen LogP contribution in [0.25, 0.3) is 4.85 Å². The number of carbonyl (C=O) groups excluding carboxylic acids is 1. The second-order valence-electron chi connectivity index (χ2n) is 3.56. The van der Waals surface area contributed by atoms with Crippen molar-refractivity contribution < 1.29 is 4.79 Å². The van der Waals surface area contributed by atoms with Gasteiger partial charge in [-0.2, -0.15) is 0 Å². The smallest absolute Gasteiger partial charge is 0.296 e. The van der Waals surface area contributed by atoms with Gasteiger partial charge in [0.2, 0.25) is 5.91 Å². The summed E-state index contributed by atoms with van der Waals surface area (Å²) in [6.07, 6.45) is 0. The maximum Gasteiger partial charge on any atom is 0.296 e. The highest BCUT2D eigenvalue weighted by Crippen LogP contribution is 2.43. The van der Waals surface area contributed by atoms with Crippen molar-refractivity contribution >= 4 is 45.6 Å². The molecule has 7 heteroatoms. The Morgan fingerprint density at radius 3 is 2.89 bits per heavy atom. The summed E-state index contributed by atoms with van der Waals surface area (Å²) in [4.78, 5) is 19.3. The predicted octanol–water partition coefficient (Wildman–Crippen LogP) is 3.39. The number of rotatable bonds is 3. The third-order valence-corrected chi connectivity index (χ3v) is 4.30. The van der Waals surface area contributed by atoms with Gasteiger partial charge in [-0.05, 0) is 12.1 Å². The molecule has 0 radical (unpaired) electrons. The van der Waals surface area contributed by atoms with E-state index in [1.54, 1.807) is 6.07 Å². The molecule has 0 saturated heterocycles. The first-order valence-electron chi connectivity index (χ1n) is 5.28. The summed E-state index contributed by atoms with van der Waals surface area (Å²) in [6.45, 7) is 8.52. The first kappa shape index (κ1) is 13.4. The topological polar surface area (TPSA) is 72.4 Å². The average molecular weight is 290 g/mol. The Kier molecular flexibility index (Phi) is 4.04. The van der Waals surface area contributed by atoms with E-state index in [4.69, 9.17) is 12.3 Å². The van der Waals surface area contributed by atoms with Crippen LogP contribution in [0, 0.1) is 6.57 Å². The highest BCUT2D eigenvalue weighted by molar-refractivity contribution is 8.01. The van der Waals surface area contributed by atoms with Crippen LogP contribution in [-0.4, -0.2) is 10.9 Å². The van der Waals surface area contributed by atoms with Crippen LogP contribution >= 0.6 is 23.1 Å². The van der Waals surface area contributed by atoms with E-state index in [1.165, 1.54) is 30.0 Å². The summed E-state index contributed by atoms with van der Waals surface area (Å²) >= 11 is 2.65. The van der Waals surface area contributed by atoms with Crippen molar-refractivity contribution in [2.24, 2.45) is 0 Å². The minimum absolute atomic E-state index is 0.207. The summed E-state index contributed by atoms with van der Waals surface area (Å²) in [5.74, 6) is 0.0723. The van der Waals surface area contributed by atoms with Gasteiger partial charge in [0.05, 0.1) is 4.21 Å². The van der Waals surface area contributed by atoms with Crippen molar-refractivity contribution in [3.05, 3.63) is 35.7 Å². The number of thiazole rings is 1. The molecule has 0 unspecified atom stereocenters. The molecule has 5 nitrogen and oxygen atoms in total. The Balaban J connectivity index is 2.30. The van der Waals surface area contributed by atoms with Crippen molar-refractivity contribution in [3.63, 3.8) is 0 Å². The number of nitrogens with zero attached hydrogens (tertiary/aromatic N) is 2. The molecule has 1 heterocycles. The number of anilines is 2. The maximum absolute atomic E-state index is 11.0. The van der Waals surface area contributed by atoms with Gasteiger partial charge in [0, 0.05) is 17.5 Å². The molecule has 3 N–H and O–H groups in total. The van der Waals surface area contributed by atoms with E-state index in [-0.39, 0.29) is 11.7 Å². The fourth-order valence-electron chi connectivity index (χ4n) is 1.31. The third-order valence-electron chi connectivity index (χ3n) is 2.09. The van der Waals surface area contributed by atoms with E-state index in [0.29, 0.717) is 10.8 Å². The van der Waals surface area contributed by atoms with Crippen molar-refractivity contribution in [3.8, 4) is 0 Å². The van der Waals surface area contributed by atoms with E-state index in [0.717, 1.165) is 9.10 Å². The van der Waals surface area contributed by atoms with Gasteiger partial charge in [-0.3, -0.25) is 10.1 Å². The molecular formula is C12H10N4OS2. The molecule has 0 saturated carbocycles. The van der Waals surface area contributed by atoms with Gasteiger partial charge in [0.25, 0.3) is 10.9 Å². The molecule has 0 aliphatic heterocycles. The lowest BCUT2D eigenvalue weighted by molar-refractivity contribution is -0.114. The standard InChI is InChI=1S/C12H10N4OS2/c1-7(17)15-12-16-10(14-2)11(19-12)18-9-6-4-3-5-8(9)13/h3-6H,13H2,1H3,(H,15,16,17). The maximum atomic E-state index is 11.0. The number of benzene rings is 1. The fraction of sp³-hybridized carbons (Fsp3) is 0.0833. The van der Waals surface area contributed by atoms with Crippen molar-refractivity contribution in [2.45, 2.75) is 16.0 Å². The summed E-state index contributed by atoms with van der Waals surface area (Å²) < 4.78 is 0.719. The largest absolute Gasteiger partial charge is 0.398 e. The van der Waals surface area contributed by atoms with Crippen molar-refractivity contribution in [1.29, 1.82) is 0 Å². The molecule has 0 atom stereocenters. The van der Waals surface area contributed by atoms with E-state index in [2.05, 4.69) is 15.1 Å². The van der Waals surface area contributed by atoms with Crippen LogP contribution in [0.3, 0.4) is 0 Å². The van der Waals surface area contributed by atoms with Crippen LogP contribution in [0.5, 0.6) is 0 Å². The minimum Gasteiger partial charge on any atom is -0.398 e. The van der Waals surface area contributed by atoms with E-state index >= 15 is 0 Å². The number of aromatic nitrogens is 1. The Morgan fingerprint density at radius 1 is 1.53 bits per heavy atom. The fourth-order valence-corrected chi connectivity index (χ4v) is 3.39. The van der Waals surface area contributed by atoms with Gasteiger partial charge in [0.1, 0.15) is 0 Å². The van der Waals surface area contributed by atoms with Gasteiger partial charge in [-0.25, -0.2) is 0 Å². The number of hydrogen-bond donors (Lipinski definition) is 2. The Bertz CT molecular complexity index is 660. The van der Waals surface area contributed by atoms with Crippen molar-refractivity contribution in [1.82, 2.24) is 4.98 Å². The molecule has 0 aliphatic rings. The van der Waals surface area contributed by atoms with Crippen LogP contribution in [0.2, 0.25) is 0 Å². The first-order valence-corrected chi connectivity index (χ1v) is 6.91. The molecule has 96 valence electrons. The minimum atomic E-state index is -0.207. The lowest BCUT2D eigenvalue weighted by atomic mass is 10.3. The monoisotopic (exact) mass is 290 g/mol. The quantitative estimate of drug-likeness (QED) is 0.671. The molecule has 0 spiro atoms. The predicted molar refractivity (Wildman–Crippen MR) is 77.7 cm³/mol. The van der Waals surface area contributed by atoms with Gasteiger partial charge < -0.3 is 10.6 Å². The Hall–Kier alpha value is -2.04. The molecule has 19 heavy (non-hydrogen) atoms. The van der Waals surface area contributed by atoms with E-state index < -0.39 is 0 Å². The van der Waals surface area contributed by atoms with Gasteiger partial charge >= 0.3 is 0 Å². The molecule has 2 rings (SSSR count). The molecule has 0 aliphatic carbocycles. The third kappa shape index (κ3) is 3.24. The highest BCUT2D eigenvalue weighted by atomic mass is 32.2. The molecule has 1 aromatic heterocycles. The molecule has 0 fully saturated rings. The zero-order chi connectivity index (χ0) is 13.8. The Morgan fingerprint density at radius 2 is 2.26 bits per heavy atom. The zero-order valence-electron chi connectivity index (χ0n) is 10.0. The number of hydrogen-bond acceptors (Lipinski definition) is 5. The molecule has 0 bridgehead atoms. The zero-order valence-corrected chi connectivity index (χ0v) is 11.6. The van der Waals surface area contributed by atoms with Crippen LogP contribution in [0.4, 0.5) is 16.6 Å². The number of amides is 1. The van der Waals surface area contributed by atoms with Crippen molar-refractivity contribution in [2.75, 3.05) is 11.1 Å². The van der Waals surface area contributed by atoms with Gasteiger partial charge in [0.15, 0.2) is 0 Å².